The number of thioether (sulfide) groups is 2. The molecule has 0 spiro atoms. The van der Waals surface area contributed by atoms with Gasteiger partial charge in [-0.2, -0.15) is 0 Å². The van der Waals surface area contributed by atoms with Crippen LogP contribution in [0, 0.1) is 0 Å². The van der Waals surface area contributed by atoms with Gasteiger partial charge in [0.15, 0.2) is 0 Å². The number of amides is 1. The highest BCUT2D eigenvalue weighted by molar-refractivity contribution is 8.27. The molecule has 1 saturated heterocycles. The number of nitrogens with zero attached hydrogens (tertiary/aromatic N) is 2. The van der Waals surface area contributed by atoms with Crippen LogP contribution in [0.1, 0.15) is 26.7 Å². The first-order valence-corrected chi connectivity index (χ1v) is 10.1. The molecule has 1 fully saturated rings. The largest absolute Gasteiger partial charge is 0.497 e. The summed E-state index contributed by atoms with van der Waals surface area (Å²) in [6.45, 7) is 5.62. The van der Waals surface area contributed by atoms with Gasteiger partial charge in [-0.1, -0.05) is 49.1 Å². The van der Waals surface area contributed by atoms with Crippen LogP contribution in [-0.2, 0) is 4.79 Å². The Kier molecular flexibility index (Phi) is 5.42. The fourth-order valence-electron chi connectivity index (χ4n) is 2.70. The second-order valence-corrected chi connectivity index (χ2v) is 8.17. The van der Waals surface area contributed by atoms with Gasteiger partial charge in [-0.25, -0.2) is 0 Å². The summed E-state index contributed by atoms with van der Waals surface area (Å²) in [6, 6.07) is 6.07. The van der Waals surface area contributed by atoms with Crippen molar-refractivity contribution in [1.29, 1.82) is 0 Å². The van der Waals surface area contributed by atoms with Crippen molar-refractivity contribution < 1.29 is 9.53 Å². The SMILES string of the molecule is CCCCN1C(=C2SC(=S)N(CC)C2=O)Sc2ccc(OC)cc21. The molecule has 3 rings (SSSR count). The minimum absolute atomic E-state index is 0.0243. The molecule has 2 heterocycles. The highest BCUT2D eigenvalue weighted by Gasteiger charge is 2.38. The molecule has 0 saturated carbocycles. The van der Waals surface area contributed by atoms with Crippen molar-refractivity contribution in [3.8, 4) is 5.75 Å². The van der Waals surface area contributed by atoms with Crippen LogP contribution in [0.15, 0.2) is 33.0 Å². The topological polar surface area (TPSA) is 32.8 Å². The fraction of sp³-hybridized carbons (Fsp3) is 0.412. The van der Waals surface area contributed by atoms with Crippen molar-refractivity contribution in [1.82, 2.24) is 4.90 Å². The van der Waals surface area contributed by atoms with Crippen LogP contribution < -0.4 is 9.64 Å². The average Bonchev–Trinajstić information content (AvgIpc) is 3.08. The zero-order chi connectivity index (χ0) is 17.3. The Bertz CT molecular complexity index is 718. The van der Waals surface area contributed by atoms with Crippen molar-refractivity contribution >= 4 is 51.7 Å². The summed E-state index contributed by atoms with van der Waals surface area (Å²) in [4.78, 5) is 18.5. The summed E-state index contributed by atoms with van der Waals surface area (Å²) in [6.07, 6.45) is 2.17. The predicted molar refractivity (Wildman–Crippen MR) is 106 cm³/mol. The molecule has 7 heteroatoms. The van der Waals surface area contributed by atoms with E-state index < -0.39 is 0 Å². The minimum atomic E-state index is 0.0243. The lowest BCUT2D eigenvalue weighted by Crippen LogP contribution is -2.28. The first kappa shape index (κ1) is 17.6. The van der Waals surface area contributed by atoms with Gasteiger partial charge >= 0.3 is 0 Å². The molecule has 128 valence electrons. The van der Waals surface area contributed by atoms with Gasteiger partial charge in [0.25, 0.3) is 5.91 Å². The number of thiocarbonyl (C=S) groups is 1. The van der Waals surface area contributed by atoms with Crippen LogP contribution in [0.25, 0.3) is 0 Å². The van der Waals surface area contributed by atoms with Crippen LogP contribution >= 0.6 is 35.7 Å². The monoisotopic (exact) mass is 380 g/mol. The van der Waals surface area contributed by atoms with Crippen LogP contribution in [-0.4, -0.2) is 35.3 Å². The van der Waals surface area contributed by atoms with E-state index in [1.165, 1.54) is 11.8 Å². The van der Waals surface area contributed by atoms with Gasteiger partial charge in [-0.3, -0.25) is 9.69 Å². The number of ether oxygens (including phenoxy) is 1. The number of carbonyl (C=O) groups is 1. The Balaban J connectivity index is 2.03. The number of benzene rings is 1. The smallest absolute Gasteiger partial charge is 0.268 e. The summed E-state index contributed by atoms with van der Waals surface area (Å²) < 4.78 is 6.02. The van der Waals surface area contributed by atoms with Gasteiger partial charge in [0.1, 0.15) is 20.0 Å². The number of fused-ring (bicyclic) bond motifs is 1. The van der Waals surface area contributed by atoms with E-state index in [0.717, 1.165) is 45.7 Å². The highest BCUT2D eigenvalue weighted by Crippen LogP contribution is 2.51. The van der Waals surface area contributed by atoms with Crippen molar-refractivity contribution in [3.05, 3.63) is 28.1 Å². The molecule has 2 aliphatic heterocycles. The van der Waals surface area contributed by atoms with Crippen LogP contribution in [0.5, 0.6) is 5.75 Å². The maximum Gasteiger partial charge on any atom is 0.268 e. The lowest BCUT2D eigenvalue weighted by Gasteiger charge is -2.21. The highest BCUT2D eigenvalue weighted by atomic mass is 32.2. The number of methoxy groups -OCH3 is 1. The molecule has 2 aliphatic rings. The van der Waals surface area contributed by atoms with E-state index in [9.17, 15) is 4.79 Å². The predicted octanol–water partition coefficient (Wildman–Crippen LogP) is 4.46. The zero-order valence-corrected chi connectivity index (χ0v) is 16.4. The molecule has 0 N–H and O–H groups in total. The molecule has 0 radical (unpaired) electrons. The van der Waals surface area contributed by atoms with Gasteiger partial charge < -0.3 is 9.64 Å². The van der Waals surface area contributed by atoms with Gasteiger partial charge in [0.05, 0.1) is 12.8 Å². The lowest BCUT2D eigenvalue weighted by atomic mass is 10.2. The summed E-state index contributed by atoms with van der Waals surface area (Å²) >= 11 is 8.43. The molecule has 0 atom stereocenters. The molecule has 1 aromatic rings. The number of rotatable bonds is 5. The third-order valence-corrected chi connectivity index (χ3v) is 6.75. The maximum atomic E-state index is 12.7. The number of unbranched alkanes of at least 4 members (excludes halogenated alkanes) is 1. The minimum Gasteiger partial charge on any atom is -0.497 e. The van der Waals surface area contributed by atoms with E-state index in [4.69, 9.17) is 17.0 Å². The average molecular weight is 381 g/mol. The third kappa shape index (κ3) is 3.05. The second kappa shape index (κ2) is 7.37. The van der Waals surface area contributed by atoms with Crippen LogP contribution in [0.2, 0.25) is 0 Å². The summed E-state index contributed by atoms with van der Waals surface area (Å²) in [5, 5.41) is 1.00. The number of likely N-dealkylation sites (N-methyl/N-ethyl adjacent to an activating group) is 1. The van der Waals surface area contributed by atoms with Crippen molar-refractivity contribution in [2.24, 2.45) is 0 Å². The molecule has 0 unspecified atom stereocenters. The van der Waals surface area contributed by atoms with Gasteiger partial charge in [0, 0.05) is 24.1 Å². The summed E-state index contributed by atoms with van der Waals surface area (Å²) in [5.41, 5.74) is 1.12. The number of carbonyl (C=O) groups excluding carboxylic acids is 1. The fourth-order valence-corrected chi connectivity index (χ4v) is 5.40. The molecule has 1 aromatic carbocycles. The Morgan fingerprint density at radius 3 is 2.62 bits per heavy atom. The molecule has 4 nitrogen and oxygen atoms in total. The molecule has 0 bridgehead atoms. The zero-order valence-electron chi connectivity index (χ0n) is 14.0. The molecule has 0 aromatic heterocycles. The molecule has 24 heavy (non-hydrogen) atoms. The molecule has 1 amide bonds. The quantitative estimate of drug-likeness (QED) is 0.554. The standard InChI is InChI=1S/C17H20N2O2S3/c1-4-6-9-19-12-10-11(21-3)7-8-13(12)23-16(19)14-15(20)18(5-2)17(22)24-14/h7-8,10H,4-6,9H2,1-3H3. The summed E-state index contributed by atoms with van der Waals surface area (Å²) in [5.74, 6) is 0.856. The van der Waals surface area contributed by atoms with Crippen LogP contribution in [0.3, 0.4) is 0 Å². The normalized spacial score (nSPS) is 20.1. The van der Waals surface area contributed by atoms with Gasteiger partial charge in [-0.05, 0) is 25.5 Å². The van der Waals surface area contributed by atoms with Crippen molar-refractivity contribution in [3.63, 3.8) is 0 Å². The van der Waals surface area contributed by atoms with E-state index >= 15 is 0 Å². The van der Waals surface area contributed by atoms with Crippen LogP contribution in [0.4, 0.5) is 5.69 Å². The molecular formula is C17H20N2O2S3. The maximum absolute atomic E-state index is 12.7. The number of anilines is 1. The first-order valence-electron chi connectivity index (χ1n) is 8.02. The first-order chi connectivity index (χ1) is 11.6. The van der Waals surface area contributed by atoms with Gasteiger partial charge in [0.2, 0.25) is 0 Å². The summed E-state index contributed by atoms with van der Waals surface area (Å²) in [7, 11) is 1.67. The van der Waals surface area contributed by atoms with E-state index in [-0.39, 0.29) is 5.91 Å². The van der Waals surface area contributed by atoms with E-state index in [2.05, 4.69) is 17.9 Å². The van der Waals surface area contributed by atoms with Crippen molar-refractivity contribution in [2.75, 3.05) is 25.1 Å². The molecular weight excluding hydrogens is 360 g/mol. The number of hydrogen-bond donors (Lipinski definition) is 0. The Hall–Kier alpha value is -1.18. The second-order valence-electron chi connectivity index (χ2n) is 5.49. The van der Waals surface area contributed by atoms with E-state index in [0.29, 0.717) is 10.9 Å². The van der Waals surface area contributed by atoms with Gasteiger partial charge in [-0.15, -0.1) is 0 Å². The van der Waals surface area contributed by atoms with Crippen molar-refractivity contribution in [2.45, 2.75) is 31.6 Å². The van der Waals surface area contributed by atoms with E-state index in [1.54, 1.807) is 23.8 Å². The molecule has 0 aliphatic carbocycles. The Morgan fingerprint density at radius 1 is 1.21 bits per heavy atom. The number of hydrogen-bond acceptors (Lipinski definition) is 6. The van der Waals surface area contributed by atoms with E-state index in [1.807, 2.05) is 19.1 Å². The Morgan fingerprint density at radius 2 is 2.00 bits per heavy atom. The third-order valence-electron chi connectivity index (χ3n) is 4.00. The Labute approximate surface area is 156 Å². The lowest BCUT2D eigenvalue weighted by molar-refractivity contribution is -0.122.